The minimum atomic E-state index is 0. The number of piperazine rings is 2. The van der Waals surface area contributed by atoms with Crippen molar-refractivity contribution in [3.63, 3.8) is 0 Å². The first kappa shape index (κ1) is 25.4. The van der Waals surface area contributed by atoms with Crippen LogP contribution in [0.5, 0.6) is 0 Å². The first-order valence-electron chi connectivity index (χ1n) is 11.6. The van der Waals surface area contributed by atoms with Gasteiger partial charge in [-0.15, -0.1) is 24.0 Å². The van der Waals surface area contributed by atoms with Gasteiger partial charge in [0.25, 0.3) is 0 Å². The Kier molecular flexibility index (Phi) is 9.73. The number of nitrogens with one attached hydrogen (secondary N) is 1. The molecular weight excluding hydrogens is 539 g/mol. The van der Waals surface area contributed by atoms with Crippen LogP contribution in [0.4, 0.5) is 5.69 Å². The van der Waals surface area contributed by atoms with Crippen LogP contribution in [0.1, 0.15) is 19.3 Å². The standard InChI is InChI=1S/C23H35ClN6O.HI/c1-25-23(30-16-14-28(15-17-30)21-7-3-6-20(24)18-21)26-8-9-27-10-12-29(13-11-27)22(31)19-4-2-5-19;/h3,6-7,18-19H,2,4-5,8-17H2,1H3,(H,25,26);1H. The summed E-state index contributed by atoms with van der Waals surface area (Å²) in [6, 6.07) is 8.07. The van der Waals surface area contributed by atoms with Gasteiger partial charge in [0.1, 0.15) is 0 Å². The Hall–Kier alpha value is -1.26. The Bertz CT molecular complexity index is 774. The topological polar surface area (TPSA) is 54.4 Å². The number of amides is 1. The maximum Gasteiger partial charge on any atom is 0.225 e. The molecule has 1 aliphatic carbocycles. The Labute approximate surface area is 214 Å². The van der Waals surface area contributed by atoms with Gasteiger partial charge in [0.2, 0.25) is 5.91 Å². The Balaban J connectivity index is 0.00000289. The zero-order chi connectivity index (χ0) is 21.6. The van der Waals surface area contributed by atoms with Crippen molar-refractivity contribution < 1.29 is 4.79 Å². The van der Waals surface area contributed by atoms with E-state index in [2.05, 4.69) is 36.0 Å². The van der Waals surface area contributed by atoms with Crippen LogP contribution >= 0.6 is 35.6 Å². The molecule has 0 radical (unpaired) electrons. The minimum Gasteiger partial charge on any atom is -0.368 e. The van der Waals surface area contributed by atoms with E-state index < -0.39 is 0 Å². The molecule has 1 saturated carbocycles. The fourth-order valence-electron chi connectivity index (χ4n) is 4.61. The highest BCUT2D eigenvalue weighted by atomic mass is 127. The van der Waals surface area contributed by atoms with Gasteiger partial charge in [-0.1, -0.05) is 24.1 Å². The molecular formula is C23H36ClIN6O. The van der Waals surface area contributed by atoms with E-state index in [0.29, 0.717) is 11.8 Å². The van der Waals surface area contributed by atoms with Crippen molar-refractivity contribution in [1.29, 1.82) is 0 Å². The van der Waals surface area contributed by atoms with E-state index in [9.17, 15) is 4.79 Å². The molecule has 0 spiro atoms. The monoisotopic (exact) mass is 574 g/mol. The highest BCUT2D eigenvalue weighted by molar-refractivity contribution is 14.0. The van der Waals surface area contributed by atoms with Gasteiger partial charge in [-0.2, -0.15) is 0 Å². The lowest BCUT2D eigenvalue weighted by Crippen LogP contribution is -2.54. The molecule has 3 fully saturated rings. The van der Waals surface area contributed by atoms with Crippen LogP contribution in [-0.2, 0) is 4.79 Å². The average Bonchev–Trinajstić information content (AvgIpc) is 2.76. The number of aliphatic imine (C=N–C) groups is 1. The SMILES string of the molecule is CN=C(NCCN1CCN(C(=O)C2CCC2)CC1)N1CCN(c2cccc(Cl)c2)CC1.I. The molecule has 3 aliphatic rings. The molecule has 1 N–H and O–H groups in total. The molecule has 4 rings (SSSR count). The number of anilines is 1. The summed E-state index contributed by atoms with van der Waals surface area (Å²) in [5.41, 5.74) is 1.19. The van der Waals surface area contributed by atoms with E-state index in [4.69, 9.17) is 11.6 Å². The lowest BCUT2D eigenvalue weighted by molar-refractivity contribution is -0.139. The predicted octanol–water partition coefficient (Wildman–Crippen LogP) is 2.60. The van der Waals surface area contributed by atoms with E-state index in [1.165, 1.54) is 12.1 Å². The van der Waals surface area contributed by atoms with Gasteiger partial charge >= 0.3 is 0 Å². The largest absolute Gasteiger partial charge is 0.368 e. The number of nitrogens with zero attached hydrogens (tertiary/aromatic N) is 5. The molecule has 0 bridgehead atoms. The smallest absolute Gasteiger partial charge is 0.225 e. The minimum absolute atomic E-state index is 0. The van der Waals surface area contributed by atoms with E-state index in [1.807, 2.05) is 25.2 Å². The molecule has 0 atom stereocenters. The average molecular weight is 575 g/mol. The number of halogens is 2. The number of carbonyl (C=O) groups excluding carboxylic acids is 1. The highest BCUT2D eigenvalue weighted by Crippen LogP contribution is 2.28. The summed E-state index contributed by atoms with van der Waals surface area (Å²) in [6.45, 7) is 9.32. The zero-order valence-electron chi connectivity index (χ0n) is 19.0. The number of hydrogen-bond donors (Lipinski definition) is 1. The van der Waals surface area contributed by atoms with Crippen molar-refractivity contribution >= 4 is 53.1 Å². The number of benzene rings is 1. The molecule has 2 saturated heterocycles. The molecule has 2 heterocycles. The quantitative estimate of drug-likeness (QED) is 0.333. The first-order chi connectivity index (χ1) is 15.1. The second-order valence-electron chi connectivity index (χ2n) is 8.72. The Morgan fingerprint density at radius 1 is 1.06 bits per heavy atom. The second kappa shape index (κ2) is 12.3. The first-order valence-corrected chi connectivity index (χ1v) is 12.0. The van der Waals surface area contributed by atoms with Crippen LogP contribution in [-0.4, -0.2) is 99.1 Å². The van der Waals surface area contributed by atoms with Gasteiger partial charge < -0.3 is 20.0 Å². The lowest BCUT2D eigenvalue weighted by atomic mass is 9.84. The molecule has 0 aromatic heterocycles. The zero-order valence-corrected chi connectivity index (χ0v) is 22.1. The molecule has 1 aromatic rings. The third-order valence-electron chi connectivity index (χ3n) is 6.81. The van der Waals surface area contributed by atoms with Crippen molar-refractivity contribution in [2.75, 3.05) is 77.4 Å². The fraction of sp³-hybridized carbons (Fsp3) is 0.652. The van der Waals surface area contributed by atoms with Crippen LogP contribution in [0.2, 0.25) is 5.02 Å². The number of guanidine groups is 1. The number of hydrogen-bond acceptors (Lipinski definition) is 4. The summed E-state index contributed by atoms with van der Waals surface area (Å²) >= 11 is 6.14. The van der Waals surface area contributed by atoms with Crippen LogP contribution in [0.3, 0.4) is 0 Å². The molecule has 7 nitrogen and oxygen atoms in total. The van der Waals surface area contributed by atoms with Gasteiger partial charge in [-0.3, -0.25) is 14.7 Å². The fourth-order valence-corrected chi connectivity index (χ4v) is 4.80. The highest BCUT2D eigenvalue weighted by Gasteiger charge is 2.31. The summed E-state index contributed by atoms with van der Waals surface area (Å²) in [4.78, 5) is 26.1. The maximum absolute atomic E-state index is 12.4. The van der Waals surface area contributed by atoms with Crippen LogP contribution in [0, 0.1) is 5.92 Å². The molecule has 2 aliphatic heterocycles. The summed E-state index contributed by atoms with van der Waals surface area (Å²) in [6.07, 6.45) is 3.41. The molecule has 1 amide bonds. The molecule has 32 heavy (non-hydrogen) atoms. The van der Waals surface area contributed by atoms with Crippen molar-refractivity contribution in [2.24, 2.45) is 10.9 Å². The molecule has 1 aromatic carbocycles. The van der Waals surface area contributed by atoms with Crippen molar-refractivity contribution in [3.8, 4) is 0 Å². The van der Waals surface area contributed by atoms with Gasteiger partial charge in [-0.05, 0) is 31.0 Å². The summed E-state index contributed by atoms with van der Waals surface area (Å²) in [7, 11) is 1.86. The third-order valence-corrected chi connectivity index (χ3v) is 7.05. The van der Waals surface area contributed by atoms with E-state index >= 15 is 0 Å². The van der Waals surface area contributed by atoms with Gasteiger partial charge in [0, 0.05) is 89.1 Å². The van der Waals surface area contributed by atoms with Crippen molar-refractivity contribution in [1.82, 2.24) is 20.0 Å². The Morgan fingerprint density at radius 3 is 2.34 bits per heavy atom. The van der Waals surface area contributed by atoms with E-state index in [1.54, 1.807) is 0 Å². The van der Waals surface area contributed by atoms with Gasteiger partial charge in [-0.25, -0.2) is 0 Å². The van der Waals surface area contributed by atoms with Crippen LogP contribution in [0.15, 0.2) is 29.3 Å². The van der Waals surface area contributed by atoms with Crippen LogP contribution in [0.25, 0.3) is 0 Å². The third kappa shape index (κ3) is 6.41. The summed E-state index contributed by atoms with van der Waals surface area (Å²) in [5, 5.41) is 4.32. The predicted molar refractivity (Wildman–Crippen MR) is 142 cm³/mol. The normalized spacial score (nSPS) is 20.6. The van der Waals surface area contributed by atoms with Gasteiger partial charge in [0.15, 0.2) is 5.96 Å². The Morgan fingerprint density at radius 2 is 1.75 bits per heavy atom. The van der Waals surface area contributed by atoms with Crippen molar-refractivity contribution in [2.45, 2.75) is 19.3 Å². The molecule has 0 unspecified atom stereocenters. The van der Waals surface area contributed by atoms with Crippen molar-refractivity contribution in [3.05, 3.63) is 29.3 Å². The maximum atomic E-state index is 12.4. The van der Waals surface area contributed by atoms with Gasteiger partial charge in [0.05, 0.1) is 0 Å². The lowest BCUT2D eigenvalue weighted by Gasteiger charge is -2.39. The number of carbonyl (C=O) groups is 1. The molecule has 9 heteroatoms. The summed E-state index contributed by atoms with van der Waals surface area (Å²) in [5.74, 6) is 1.68. The van der Waals surface area contributed by atoms with E-state index in [-0.39, 0.29) is 24.0 Å². The second-order valence-corrected chi connectivity index (χ2v) is 9.16. The number of rotatable bonds is 5. The van der Waals surface area contributed by atoms with Crippen LogP contribution < -0.4 is 10.2 Å². The van der Waals surface area contributed by atoms with E-state index in [0.717, 1.165) is 89.3 Å². The molecule has 178 valence electrons. The summed E-state index contributed by atoms with van der Waals surface area (Å²) < 4.78 is 0.